The number of nitrogens with one attached hydrogen (secondary N) is 1. The van der Waals surface area contributed by atoms with Crippen molar-refractivity contribution >= 4 is 10.0 Å². The number of aromatic hydroxyl groups is 1. The second kappa shape index (κ2) is 3.98. The van der Waals surface area contributed by atoms with E-state index in [1.807, 2.05) is 6.92 Å². The normalized spacial score (nSPS) is 11.6. The fourth-order valence-corrected chi connectivity index (χ4v) is 1.47. The van der Waals surface area contributed by atoms with Crippen molar-refractivity contribution in [2.24, 2.45) is 0 Å². The van der Waals surface area contributed by atoms with Gasteiger partial charge in [-0.2, -0.15) is 0 Å². The highest BCUT2D eigenvalue weighted by molar-refractivity contribution is 7.88. The smallest absolute Gasteiger partial charge is 0.209 e. The first-order valence-electron chi connectivity index (χ1n) is 4.11. The molecule has 0 aliphatic heterocycles. The maximum atomic E-state index is 10.8. The van der Waals surface area contributed by atoms with Crippen LogP contribution in [0.5, 0.6) is 5.75 Å². The number of phenols is 1. The molecule has 0 atom stereocenters. The molecule has 0 amide bonds. The standard InChI is InChI=1S/C9H13NO3S/c1-7-3-4-9(11)5-8(7)6-10-14(2,12)13/h3-5,10-11H,6H2,1-2H3. The monoisotopic (exact) mass is 215 g/mol. The maximum Gasteiger partial charge on any atom is 0.209 e. The van der Waals surface area contributed by atoms with Crippen LogP contribution >= 0.6 is 0 Å². The Hall–Kier alpha value is -1.07. The maximum absolute atomic E-state index is 10.8. The number of sulfonamides is 1. The van der Waals surface area contributed by atoms with E-state index in [0.29, 0.717) is 0 Å². The summed E-state index contributed by atoms with van der Waals surface area (Å²) >= 11 is 0. The average Bonchev–Trinajstić information content (AvgIpc) is 2.05. The summed E-state index contributed by atoms with van der Waals surface area (Å²) in [7, 11) is -3.18. The molecule has 1 rings (SSSR count). The number of benzene rings is 1. The van der Waals surface area contributed by atoms with Crippen molar-refractivity contribution < 1.29 is 13.5 Å². The van der Waals surface area contributed by atoms with Gasteiger partial charge in [0.15, 0.2) is 0 Å². The molecule has 1 aromatic carbocycles. The topological polar surface area (TPSA) is 66.4 Å². The van der Waals surface area contributed by atoms with Crippen LogP contribution in [0.25, 0.3) is 0 Å². The summed E-state index contributed by atoms with van der Waals surface area (Å²) in [4.78, 5) is 0. The summed E-state index contributed by atoms with van der Waals surface area (Å²) < 4.78 is 24.0. The number of aryl methyl sites for hydroxylation is 1. The van der Waals surface area contributed by atoms with Crippen LogP contribution in [0.15, 0.2) is 18.2 Å². The van der Waals surface area contributed by atoms with E-state index in [-0.39, 0.29) is 12.3 Å². The molecule has 78 valence electrons. The third-order valence-corrected chi connectivity index (χ3v) is 2.53. The van der Waals surface area contributed by atoms with Gasteiger partial charge in [0.2, 0.25) is 10.0 Å². The molecule has 0 heterocycles. The number of hydrogen-bond acceptors (Lipinski definition) is 3. The lowest BCUT2D eigenvalue weighted by atomic mass is 10.1. The van der Waals surface area contributed by atoms with Gasteiger partial charge in [0.25, 0.3) is 0 Å². The van der Waals surface area contributed by atoms with Gasteiger partial charge in [-0.25, -0.2) is 13.1 Å². The first kappa shape index (κ1) is 11.0. The van der Waals surface area contributed by atoms with E-state index in [1.165, 1.54) is 0 Å². The van der Waals surface area contributed by atoms with E-state index < -0.39 is 10.0 Å². The minimum Gasteiger partial charge on any atom is -0.508 e. The van der Waals surface area contributed by atoms with E-state index in [0.717, 1.165) is 17.4 Å². The molecule has 0 aliphatic rings. The van der Waals surface area contributed by atoms with Crippen LogP contribution in [0.3, 0.4) is 0 Å². The van der Waals surface area contributed by atoms with E-state index in [4.69, 9.17) is 0 Å². The number of rotatable bonds is 3. The van der Waals surface area contributed by atoms with Gasteiger partial charge in [0.1, 0.15) is 5.75 Å². The van der Waals surface area contributed by atoms with Crippen LogP contribution in [0, 0.1) is 6.92 Å². The lowest BCUT2D eigenvalue weighted by Crippen LogP contribution is -2.21. The van der Waals surface area contributed by atoms with Crippen molar-refractivity contribution in [3.8, 4) is 5.75 Å². The van der Waals surface area contributed by atoms with Crippen LogP contribution in [-0.4, -0.2) is 19.8 Å². The molecule has 4 nitrogen and oxygen atoms in total. The Kier molecular flexibility index (Phi) is 3.13. The SMILES string of the molecule is Cc1ccc(O)cc1CNS(C)(=O)=O. The minimum atomic E-state index is -3.18. The van der Waals surface area contributed by atoms with Gasteiger partial charge in [-0.05, 0) is 30.2 Å². The molecular formula is C9H13NO3S. The molecular weight excluding hydrogens is 202 g/mol. The van der Waals surface area contributed by atoms with Gasteiger partial charge in [-0.15, -0.1) is 0 Å². The largest absolute Gasteiger partial charge is 0.508 e. The van der Waals surface area contributed by atoms with Gasteiger partial charge in [-0.3, -0.25) is 0 Å². The van der Waals surface area contributed by atoms with Crippen molar-refractivity contribution in [1.29, 1.82) is 0 Å². The van der Waals surface area contributed by atoms with Gasteiger partial charge in [-0.1, -0.05) is 6.07 Å². The van der Waals surface area contributed by atoms with E-state index >= 15 is 0 Å². The second-order valence-corrected chi connectivity index (χ2v) is 5.04. The Labute approximate surface area is 83.6 Å². The van der Waals surface area contributed by atoms with Crippen LogP contribution < -0.4 is 4.72 Å². The highest BCUT2D eigenvalue weighted by Gasteiger charge is 2.03. The van der Waals surface area contributed by atoms with E-state index in [1.54, 1.807) is 18.2 Å². The quantitative estimate of drug-likeness (QED) is 0.782. The summed E-state index contributed by atoms with van der Waals surface area (Å²) in [5, 5.41) is 9.19. The van der Waals surface area contributed by atoms with E-state index in [2.05, 4.69) is 4.72 Å². The van der Waals surface area contributed by atoms with Crippen molar-refractivity contribution in [2.75, 3.05) is 6.26 Å². The predicted molar refractivity (Wildman–Crippen MR) is 54.5 cm³/mol. The Bertz CT molecular complexity index is 426. The molecule has 14 heavy (non-hydrogen) atoms. The third-order valence-electron chi connectivity index (χ3n) is 1.86. The van der Waals surface area contributed by atoms with Crippen LogP contribution in [0.1, 0.15) is 11.1 Å². The summed E-state index contributed by atoms with van der Waals surface area (Å²) in [5.41, 5.74) is 1.72. The molecule has 0 aliphatic carbocycles. The summed E-state index contributed by atoms with van der Waals surface area (Å²) in [5.74, 6) is 0.140. The van der Waals surface area contributed by atoms with Gasteiger partial charge in [0.05, 0.1) is 6.26 Å². The zero-order valence-electron chi connectivity index (χ0n) is 8.11. The molecule has 2 N–H and O–H groups in total. The molecule has 0 spiro atoms. The fraction of sp³-hybridized carbons (Fsp3) is 0.333. The lowest BCUT2D eigenvalue weighted by Gasteiger charge is -2.06. The predicted octanol–water partition coefficient (Wildman–Crippen LogP) is 0.750. The molecule has 0 saturated heterocycles. The Balaban J connectivity index is 2.81. The number of phenolic OH excluding ortho intramolecular Hbond substituents is 1. The van der Waals surface area contributed by atoms with Crippen LogP contribution in [-0.2, 0) is 16.6 Å². The first-order chi connectivity index (χ1) is 6.38. The number of hydrogen-bond donors (Lipinski definition) is 2. The van der Waals surface area contributed by atoms with Crippen molar-refractivity contribution in [1.82, 2.24) is 4.72 Å². The van der Waals surface area contributed by atoms with E-state index in [9.17, 15) is 13.5 Å². The Morgan fingerprint density at radius 1 is 1.43 bits per heavy atom. The summed E-state index contributed by atoms with van der Waals surface area (Å²) in [6, 6.07) is 4.86. The van der Waals surface area contributed by atoms with Crippen LogP contribution in [0.2, 0.25) is 0 Å². The minimum absolute atomic E-state index is 0.140. The molecule has 0 fully saturated rings. The molecule has 0 saturated carbocycles. The molecule has 0 unspecified atom stereocenters. The highest BCUT2D eigenvalue weighted by atomic mass is 32.2. The third kappa shape index (κ3) is 3.35. The second-order valence-electron chi connectivity index (χ2n) is 3.20. The zero-order chi connectivity index (χ0) is 10.8. The Morgan fingerprint density at radius 2 is 2.07 bits per heavy atom. The fourth-order valence-electron chi connectivity index (χ4n) is 1.06. The molecule has 5 heteroatoms. The van der Waals surface area contributed by atoms with Crippen molar-refractivity contribution in [2.45, 2.75) is 13.5 Å². The van der Waals surface area contributed by atoms with Gasteiger partial charge >= 0.3 is 0 Å². The van der Waals surface area contributed by atoms with Crippen LogP contribution in [0.4, 0.5) is 0 Å². The Morgan fingerprint density at radius 3 is 2.64 bits per heavy atom. The molecule has 0 bridgehead atoms. The van der Waals surface area contributed by atoms with Crippen molar-refractivity contribution in [3.63, 3.8) is 0 Å². The molecule has 0 radical (unpaired) electrons. The summed E-state index contributed by atoms with van der Waals surface area (Å²) in [6.07, 6.45) is 1.10. The zero-order valence-corrected chi connectivity index (χ0v) is 8.93. The van der Waals surface area contributed by atoms with Crippen molar-refractivity contribution in [3.05, 3.63) is 29.3 Å². The van der Waals surface area contributed by atoms with Gasteiger partial charge < -0.3 is 5.11 Å². The lowest BCUT2D eigenvalue weighted by molar-refractivity contribution is 0.474. The van der Waals surface area contributed by atoms with Gasteiger partial charge in [0, 0.05) is 6.54 Å². The summed E-state index contributed by atoms with van der Waals surface area (Å²) in [6.45, 7) is 2.07. The average molecular weight is 215 g/mol. The molecule has 0 aromatic heterocycles. The molecule has 1 aromatic rings. The highest BCUT2D eigenvalue weighted by Crippen LogP contribution is 2.15. The first-order valence-corrected chi connectivity index (χ1v) is 6.01.